The Bertz CT molecular complexity index is 1290. The summed E-state index contributed by atoms with van der Waals surface area (Å²) in [6, 6.07) is 6.86. The normalized spacial score (nSPS) is 13.7. The topological polar surface area (TPSA) is 107 Å². The molecule has 2 aromatic carbocycles. The second-order valence-corrected chi connectivity index (χ2v) is 8.04. The van der Waals surface area contributed by atoms with Crippen LogP contribution in [-0.2, 0) is 23.9 Å². The molecular formula is C20H14F3NO7S. The number of imide groups is 1. The lowest BCUT2D eigenvalue weighted by molar-refractivity contribution is -0.142. The number of nitrogens with zero attached hydrogens (tertiary/aromatic N) is 1. The van der Waals surface area contributed by atoms with Gasteiger partial charge in [-0.2, -0.15) is 21.6 Å². The van der Waals surface area contributed by atoms with Gasteiger partial charge >= 0.3 is 21.6 Å². The number of halogens is 3. The monoisotopic (exact) mass is 469 g/mol. The van der Waals surface area contributed by atoms with Gasteiger partial charge in [0.1, 0.15) is 0 Å². The maximum atomic E-state index is 12.7. The molecule has 12 heteroatoms. The molecule has 0 aliphatic carbocycles. The number of esters is 1. The number of hydrogen-bond acceptors (Lipinski definition) is 7. The van der Waals surface area contributed by atoms with Crippen LogP contribution in [0.15, 0.2) is 30.3 Å². The van der Waals surface area contributed by atoms with E-state index in [1.54, 1.807) is 13.0 Å². The summed E-state index contributed by atoms with van der Waals surface area (Å²) in [5.74, 6) is 2.03. The van der Waals surface area contributed by atoms with Crippen molar-refractivity contribution in [3.63, 3.8) is 0 Å². The van der Waals surface area contributed by atoms with Gasteiger partial charge in [0.15, 0.2) is 6.61 Å². The molecule has 1 aliphatic rings. The summed E-state index contributed by atoms with van der Waals surface area (Å²) in [6.45, 7) is 1.58. The second kappa shape index (κ2) is 8.60. The number of alkyl halides is 3. The van der Waals surface area contributed by atoms with Gasteiger partial charge < -0.3 is 4.74 Å². The van der Waals surface area contributed by atoms with Crippen molar-refractivity contribution in [1.82, 2.24) is 5.06 Å². The molecule has 0 atom stereocenters. The van der Waals surface area contributed by atoms with Crippen LogP contribution < -0.4 is 0 Å². The summed E-state index contributed by atoms with van der Waals surface area (Å²) in [4.78, 5) is 36.5. The van der Waals surface area contributed by atoms with Gasteiger partial charge in [0.2, 0.25) is 0 Å². The van der Waals surface area contributed by atoms with E-state index in [0.717, 1.165) is 0 Å². The van der Waals surface area contributed by atoms with Gasteiger partial charge in [-0.25, -0.2) is 0 Å². The third-order valence-electron chi connectivity index (χ3n) is 4.25. The number of amides is 2. The van der Waals surface area contributed by atoms with Crippen LogP contribution in [0.5, 0.6) is 0 Å². The van der Waals surface area contributed by atoms with Gasteiger partial charge in [-0.05, 0) is 30.0 Å². The summed E-state index contributed by atoms with van der Waals surface area (Å²) in [5, 5.41) is 0.0444. The number of rotatable bonds is 5. The van der Waals surface area contributed by atoms with E-state index in [-0.39, 0.29) is 35.1 Å². The van der Waals surface area contributed by atoms with Gasteiger partial charge in [0, 0.05) is 17.4 Å². The highest BCUT2D eigenvalue weighted by atomic mass is 32.2. The smallest absolute Gasteiger partial charge is 0.452 e. The Morgan fingerprint density at radius 3 is 2.47 bits per heavy atom. The molecule has 0 saturated heterocycles. The van der Waals surface area contributed by atoms with Crippen LogP contribution in [0.2, 0.25) is 0 Å². The largest absolute Gasteiger partial charge is 0.525 e. The highest BCUT2D eigenvalue weighted by Crippen LogP contribution is 2.33. The minimum Gasteiger partial charge on any atom is -0.452 e. The Kier molecular flexibility index (Phi) is 6.25. The number of ether oxygens (including phenoxy) is 1. The third-order valence-corrected chi connectivity index (χ3v) is 5.17. The van der Waals surface area contributed by atoms with Gasteiger partial charge in [0.05, 0.1) is 11.1 Å². The Morgan fingerprint density at radius 2 is 1.81 bits per heavy atom. The molecule has 0 bridgehead atoms. The fourth-order valence-electron chi connectivity index (χ4n) is 2.90. The molecule has 0 unspecified atom stereocenters. The predicted octanol–water partition coefficient (Wildman–Crippen LogP) is 2.91. The van der Waals surface area contributed by atoms with E-state index in [4.69, 9.17) is 4.74 Å². The highest BCUT2D eigenvalue weighted by molar-refractivity contribution is 7.87. The summed E-state index contributed by atoms with van der Waals surface area (Å²) < 4.78 is 69.5. The van der Waals surface area contributed by atoms with Crippen molar-refractivity contribution in [1.29, 1.82) is 0 Å². The van der Waals surface area contributed by atoms with Crippen molar-refractivity contribution in [2.45, 2.75) is 25.3 Å². The first-order valence-corrected chi connectivity index (χ1v) is 10.5. The quantitative estimate of drug-likeness (QED) is 0.287. The van der Waals surface area contributed by atoms with Crippen LogP contribution in [0.1, 0.15) is 46.0 Å². The van der Waals surface area contributed by atoms with Crippen LogP contribution in [0, 0.1) is 11.8 Å². The second-order valence-electron chi connectivity index (χ2n) is 6.52. The zero-order chi connectivity index (χ0) is 23.7. The molecule has 0 aromatic heterocycles. The molecular weight excluding hydrogens is 455 g/mol. The summed E-state index contributed by atoms with van der Waals surface area (Å²) >= 11 is 0. The van der Waals surface area contributed by atoms with Crippen molar-refractivity contribution < 1.29 is 45.0 Å². The Hall–Kier alpha value is -3.43. The van der Waals surface area contributed by atoms with Gasteiger partial charge in [-0.1, -0.05) is 30.9 Å². The van der Waals surface area contributed by atoms with Gasteiger partial charge in [0.25, 0.3) is 11.8 Å². The van der Waals surface area contributed by atoms with Crippen LogP contribution >= 0.6 is 0 Å². The first-order chi connectivity index (χ1) is 15.0. The molecule has 2 aromatic rings. The summed E-state index contributed by atoms with van der Waals surface area (Å²) in [7, 11) is -6.27. The minimum atomic E-state index is -6.27. The van der Waals surface area contributed by atoms with Crippen molar-refractivity contribution >= 4 is 38.7 Å². The Morgan fingerprint density at radius 1 is 1.12 bits per heavy atom. The Balaban J connectivity index is 1.99. The van der Waals surface area contributed by atoms with Crippen LogP contribution in [0.25, 0.3) is 10.8 Å². The molecule has 1 heterocycles. The lowest BCUT2D eigenvalue weighted by atomic mass is 9.93. The average molecular weight is 469 g/mol. The minimum absolute atomic E-state index is 0.117. The molecule has 3 rings (SSSR count). The van der Waals surface area contributed by atoms with E-state index in [0.29, 0.717) is 11.8 Å². The fourth-order valence-corrected chi connectivity index (χ4v) is 3.31. The van der Waals surface area contributed by atoms with Crippen LogP contribution in [0.3, 0.4) is 0 Å². The fraction of sp³-hybridized carbons (Fsp3) is 0.250. The molecule has 0 saturated carbocycles. The van der Waals surface area contributed by atoms with Crippen LogP contribution in [0.4, 0.5) is 13.2 Å². The van der Waals surface area contributed by atoms with E-state index in [2.05, 4.69) is 16.1 Å². The van der Waals surface area contributed by atoms with Gasteiger partial charge in [-0.15, -0.1) is 9.35 Å². The predicted molar refractivity (Wildman–Crippen MR) is 103 cm³/mol. The molecule has 0 N–H and O–H groups in total. The van der Waals surface area contributed by atoms with Crippen molar-refractivity contribution in [3.8, 4) is 11.8 Å². The van der Waals surface area contributed by atoms with E-state index >= 15 is 0 Å². The molecule has 0 spiro atoms. The van der Waals surface area contributed by atoms with Crippen molar-refractivity contribution in [2.75, 3.05) is 6.61 Å². The van der Waals surface area contributed by atoms with E-state index in [9.17, 15) is 36.0 Å². The zero-order valence-electron chi connectivity index (χ0n) is 16.4. The molecule has 168 valence electrons. The van der Waals surface area contributed by atoms with Crippen molar-refractivity contribution in [2.24, 2.45) is 0 Å². The molecule has 0 fully saturated rings. The lowest BCUT2D eigenvalue weighted by Crippen LogP contribution is -2.44. The van der Waals surface area contributed by atoms with E-state index in [1.807, 2.05) is 0 Å². The van der Waals surface area contributed by atoms with Gasteiger partial charge in [-0.3, -0.25) is 14.4 Å². The molecule has 8 nitrogen and oxygen atoms in total. The number of hydroxylamine groups is 2. The maximum absolute atomic E-state index is 12.7. The molecule has 32 heavy (non-hydrogen) atoms. The lowest BCUT2D eigenvalue weighted by Gasteiger charge is -2.25. The Labute approximate surface area is 180 Å². The SMILES string of the molecule is CCCC(=O)OCC#Cc1cc2c3c(cccc3c1)C(=O)N(OS(=O)(=O)C(F)(F)F)C2=O. The standard InChI is InChI=1S/C20H14F3NO7S/c1-2-5-16(25)30-9-4-6-12-10-13-7-3-8-14-17(13)15(11-12)19(27)24(18(14)26)31-32(28,29)20(21,22)23/h3,7-8,10-11H,2,5,9H2,1H3. The number of carbonyl (C=O) groups excluding carboxylic acids is 3. The van der Waals surface area contributed by atoms with E-state index in [1.165, 1.54) is 24.3 Å². The number of carbonyl (C=O) groups is 3. The molecule has 1 aliphatic heterocycles. The summed E-state index contributed by atoms with van der Waals surface area (Å²) in [5.41, 5.74) is -6.12. The number of hydrogen-bond donors (Lipinski definition) is 0. The number of benzene rings is 2. The molecule has 2 amide bonds. The highest BCUT2D eigenvalue weighted by Gasteiger charge is 2.51. The van der Waals surface area contributed by atoms with Crippen LogP contribution in [-0.4, -0.2) is 43.4 Å². The first kappa shape index (κ1) is 23.2. The third kappa shape index (κ3) is 4.44. The first-order valence-electron chi connectivity index (χ1n) is 9.07. The van der Waals surface area contributed by atoms with E-state index < -0.39 is 38.5 Å². The van der Waals surface area contributed by atoms with Crippen molar-refractivity contribution in [3.05, 3.63) is 47.0 Å². The average Bonchev–Trinajstić information content (AvgIpc) is 2.71. The maximum Gasteiger partial charge on any atom is 0.525 e. The zero-order valence-corrected chi connectivity index (χ0v) is 17.2. The summed E-state index contributed by atoms with van der Waals surface area (Å²) in [6.07, 6.45) is 0.829. The molecule has 0 radical (unpaired) electrons.